The van der Waals surface area contributed by atoms with E-state index >= 15 is 0 Å². The zero-order valence-electron chi connectivity index (χ0n) is 10.2. The Balaban J connectivity index is 2.54. The molecule has 0 N–H and O–H groups in total. The molecule has 0 unspecified atom stereocenters. The standard InChI is InChI=1S/C12H14Br2Se2Si/c1-7-5-8(13)11(15-7)12-9(14)6-10(16-12)17(2,3)4/h5-6H,1-4H3. The van der Waals surface area contributed by atoms with Crippen molar-refractivity contribution >= 4 is 73.0 Å². The Labute approximate surface area is 133 Å². The molecular formula is C12H14Br2Se2Si. The van der Waals surface area contributed by atoms with Gasteiger partial charge in [-0.1, -0.05) is 0 Å². The maximum absolute atomic E-state index is 3.77. The minimum absolute atomic E-state index is 0.525. The van der Waals surface area contributed by atoms with E-state index in [0.29, 0.717) is 29.0 Å². The van der Waals surface area contributed by atoms with Crippen molar-refractivity contribution in [3.63, 3.8) is 0 Å². The van der Waals surface area contributed by atoms with Gasteiger partial charge in [0.1, 0.15) is 0 Å². The Morgan fingerprint density at radius 3 is 1.88 bits per heavy atom. The fourth-order valence-electron chi connectivity index (χ4n) is 1.53. The van der Waals surface area contributed by atoms with E-state index in [1.165, 1.54) is 13.4 Å². The summed E-state index contributed by atoms with van der Waals surface area (Å²) in [5.74, 6) is 0. The third-order valence-electron chi connectivity index (χ3n) is 2.44. The molecule has 2 rings (SSSR count). The van der Waals surface area contributed by atoms with E-state index in [1.807, 2.05) is 0 Å². The van der Waals surface area contributed by atoms with E-state index in [0.717, 1.165) is 0 Å². The zero-order valence-corrected chi connectivity index (χ0v) is 17.8. The first-order valence-electron chi connectivity index (χ1n) is 5.35. The summed E-state index contributed by atoms with van der Waals surface area (Å²) in [6.07, 6.45) is 0. The Morgan fingerprint density at radius 1 is 0.941 bits per heavy atom. The van der Waals surface area contributed by atoms with Gasteiger partial charge in [-0.2, -0.15) is 0 Å². The average Bonchev–Trinajstić information content (AvgIpc) is 2.68. The number of rotatable bonds is 2. The van der Waals surface area contributed by atoms with Gasteiger partial charge in [0.2, 0.25) is 0 Å². The van der Waals surface area contributed by atoms with Crippen LogP contribution in [0.3, 0.4) is 0 Å². The number of hydrogen-bond acceptors (Lipinski definition) is 0. The molecule has 0 atom stereocenters. The second-order valence-electron chi connectivity index (χ2n) is 5.07. The van der Waals surface area contributed by atoms with Crippen LogP contribution in [0, 0.1) is 6.92 Å². The van der Waals surface area contributed by atoms with E-state index in [2.05, 4.69) is 70.6 Å². The summed E-state index contributed by atoms with van der Waals surface area (Å²) < 4.78 is 9.03. The molecule has 17 heavy (non-hydrogen) atoms. The van der Waals surface area contributed by atoms with Gasteiger partial charge >= 0.3 is 134 Å². The molecule has 0 aliphatic heterocycles. The normalized spacial score (nSPS) is 12.1. The predicted octanol–water partition coefficient (Wildman–Crippen LogP) is 3.85. The molecular weight excluding hydrogens is 490 g/mol. The average molecular weight is 504 g/mol. The van der Waals surface area contributed by atoms with Crippen LogP contribution in [0.25, 0.3) is 8.87 Å². The first-order chi connectivity index (χ1) is 7.79. The summed E-state index contributed by atoms with van der Waals surface area (Å²) in [5.41, 5.74) is 0. The molecule has 92 valence electrons. The van der Waals surface area contributed by atoms with E-state index in [4.69, 9.17) is 0 Å². The maximum atomic E-state index is 3.77. The Kier molecular flexibility index (Phi) is 4.53. The topological polar surface area (TPSA) is 0 Å². The predicted molar refractivity (Wildman–Crippen MR) is 88.9 cm³/mol. The van der Waals surface area contributed by atoms with Gasteiger partial charge < -0.3 is 0 Å². The summed E-state index contributed by atoms with van der Waals surface area (Å²) in [5, 5.41) is 0. The summed E-state index contributed by atoms with van der Waals surface area (Å²) in [6, 6.07) is 4.68. The second-order valence-corrected chi connectivity index (χ2v) is 17.5. The fourth-order valence-corrected chi connectivity index (χ4v) is 12.5. The van der Waals surface area contributed by atoms with Gasteiger partial charge in [0, 0.05) is 0 Å². The van der Waals surface area contributed by atoms with Crippen molar-refractivity contribution in [2.24, 2.45) is 0 Å². The first-order valence-corrected chi connectivity index (χ1v) is 13.9. The van der Waals surface area contributed by atoms with Crippen molar-refractivity contribution in [3.8, 4) is 8.87 Å². The molecule has 0 amide bonds. The van der Waals surface area contributed by atoms with E-state index in [-0.39, 0.29) is 0 Å². The molecule has 0 bridgehead atoms. The fraction of sp³-hybridized carbons (Fsp3) is 0.333. The van der Waals surface area contributed by atoms with Crippen LogP contribution in [0.5, 0.6) is 0 Å². The van der Waals surface area contributed by atoms with Crippen LogP contribution in [0.1, 0.15) is 4.44 Å². The quantitative estimate of drug-likeness (QED) is 0.546. The molecule has 2 aromatic rings. The molecule has 2 aromatic heterocycles. The third kappa shape index (κ3) is 3.20. The van der Waals surface area contributed by atoms with Crippen LogP contribution < -0.4 is 4.06 Å². The van der Waals surface area contributed by atoms with Crippen LogP contribution in [0.15, 0.2) is 21.1 Å². The van der Waals surface area contributed by atoms with Crippen molar-refractivity contribution in [3.05, 3.63) is 25.5 Å². The first kappa shape index (κ1) is 14.6. The minimum atomic E-state index is -1.13. The summed E-state index contributed by atoms with van der Waals surface area (Å²) in [6.45, 7) is 9.56. The Morgan fingerprint density at radius 2 is 1.47 bits per heavy atom. The van der Waals surface area contributed by atoms with E-state index < -0.39 is 8.07 Å². The van der Waals surface area contributed by atoms with Crippen molar-refractivity contribution in [1.29, 1.82) is 0 Å². The third-order valence-corrected chi connectivity index (χ3v) is 15.8. The number of halogens is 2. The van der Waals surface area contributed by atoms with Crippen molar-refractivity contribution in [2.45, 2.75) is 26.6 Å². The van der Waals surface area contributed by atoms with Crippen molar-refractivity contribution in [1.82, 2.24) is 0 Å². The SMILES string of the molecule is Cc1cc(Br)c(-c2[se]c([Si](C)(C)C)cc2Br)[se]1. The van der Waals surface area contributed by atoms with E-state index in [1.54, 1.807) is 12.9 Å². The molecule has 2 heterocycles. The van der Waals surface area contributed by atoms with Gasteiger partial charge in [0.15, 0.2) is 0 Å². The zero-order chi connectivity index (χ0) is 12.8. The molecule has 0 aliphatic carbocycles. The Hall–Kier alpha value is 1.18. The molecule has 0 saturated carbocycles. The van der Waals surface area contributed by atoms with Crippen LogP contribution in [-0.4, -0.2) is 37.1 Å². The van der Waals surface area contributed by atoms with Gasteiger partial charge in [-0.05, 0) is 0 Å². The molecule has 0 aromatic carbocycles. The van der Waals surface area contributed by atoms with Crippen molar-refractivity contribution < 1.29 is 0 Å². The molecule has 5 heteroatoms. The molecule has 0 aliphatic rings. The summed E-state index contributed by atoms with van der Waals surface area (Å²) in [4.78, 5) is 0. The van der Waals surface area contributed by atoms with Gasteiger partial charge in [-0.25, -0.2) is 0 Å². The van der Waals surface area contributed by atoms with Crippen LogP contribution in [0.2, 0.25) is 19.6 Å². The molecule has 0 saturated heterocycles. The molecule has 0 fully saturated rings. The molecule has 0 radical (unpaired) electrons. The van der Waals surface area contributed by atoms with Crippen LogP contribution in [0.4, 0.5) is 0 Å². The second kappa shape index (κ2) is 5.28. The van der Waals surface area contributed by atoms with Gasteiger partial charge in [-0.15, -0.1) is 0 Å². The number of hydrogen-bond donors (Lipinski definition) is 0. The van der Waals surface area contributed by atoms with Crippen LogP contribution in [-0.2, 0) is 0 Å². The van der Waals surface area contributed by atoms with E-state index in [9.17, 15) is 0 Å². The summed E-state index contributed by atoms with van der Waals surface area (Å²) >= 11 is 8.55. The monoisotopic (exact) mass is 504 g/mol. The van der Waals surface area contributed by atoms with Gasteiger partial charge in [-0.3, -0.25) is 0 Å². The van der Waals surface area contributed by atoms with Crippen molar-refractivity contribution in [2.75, 3.05) is 0 Å². The Bertz CT molecular complexity index is 549. The molecule has 0 spiro atoms. The number of aryl methyl sites for hydroxylation is 1. The summed E-state index contributed by atoms with van der Waals surface area (Å²) in [7, 11) is -1.13. The van der Waals surface area contributed by atoms with Gasteiger partial charge in [0.05, 0.1) is 0 Å². The molecule has 0 nitrogen and oxygen atoms in total. The van der Waals surface area contributed by atoms with Crippen LogP contribution >= 0.6 is 31.9 Å². The van der Waals surface area contributed by atoms with Gasteiger partial charge in [0.25, 0.3) is 0 Å².